The molecule has 2 rings (SSSR count). The Hall–Kier alpha value is -1.88. The van der Waals surface area contributed by atoms with Gasteiger partial charge in [-0.15, -0.1) is 0 Å². The monoisotopic (exact) mass is 270 g/mol. The lowest BCUT2D eigenvalue weighted by atomic mass is 9.97. The highest BCUT2D eigenvalue weighted by Gasteiger charge is 2.21. The minimum absolute atomic E-state index is 0.228. The van der Waals surface area contributed by atoms with E-state index >= 15 is 0 Å². The maximum absolute atomic E-state index is 13.6. The van der Waals surface area contributed by atoms with Crippen LogP contribution in [0.15, 0.2) is 30.3 Å². The molecule has 0 aliphatic heterocycles. The first-order chi connectivity index (χ1) is 8.91. The predicted octanol–water partition coefficient (Wildman–Crippen LogP) is 3.63. The molecule has 100 valence electrons. The zero-order valence-electron chi connectivity index (χ0n) is 9.92. The Bertz CT molecular complexity index is 625. The van der Waals surface area contributed by atoms with Crippen LogP contribution in [-0.4, -0.2) is 5.11 Å². The Balaban J connectivity index is 2.50. The van der Waals surface area contributed by atoms with E-state index in [0.717, 1.165) is 24.3 Å². The number of hydrogen-bond donors (Lipinski definition) is 1. The van der Waals surface area contributed by atoms with Crippen molar-refractivity contribution in [3.63, 3.8) is 0 Å². The summed E-state index contributed by atoms with van der Waals surface area (Å²) in [5, 5.41) is 10.0. The first-order valence-electron chi connectivity index (χ1n) is 5.49. The van der Waals surface area contributed by atoms with E-state index in [4.69, 9.17) is 0 Å². The van der Waals surface area contributed by atoms with Gasteiger partial charge >= 0.3 is 0 Å². The molecule has 0 amide bonds. The van der Waals surface area contributed by atoms with Crippen LogP contribution in [0.1, 0.15) is 22.8 Å². The van der Waals surface area contributed by atoms with Gasteiger partial charge in [0.05, 0.1) is 0 Å². The van der Waals surface area contributed by atoms with Gasteiger partial charge in [-0.25, -0.2) is 17.6 Å². The maximum Gasteiger partial charge on any atom is 0.194 e. The highest BCUT2D eigenvalue weighted by atomic mass is 19.2. The topological polar surface area (TPSA) is 20.2 Å². The number of benzene rings is 2. The van der Waals surface area contributed by atoms with Crippen molar-refractivity contribution < 1.29 is 22.7 Å². The number of aryl methyl sites for hydroxylation is 1. The third-order valence-electron chi connectivity index (χ3n) is 2.89. The molecule has 0 aromatic heterocycles. The Kier molecular flexibility index (Phi) is 3.57. The van der Waals surface area contributed by atoms with E-state index in [9.17, 15) is 22.7 Å². The molecule has 1 unspecified atom stereocenters. The van der Waals surface area contributed by atoms with E-state index in [1.165, 1.54) is 13.0 Å². The van der Waals surface area contributed by atoms with Gasteiger partial charge in [-0.05, 0) is 36.2 Å². The van der Waals surface area contributed by atoms with Crippen LogP contribution < -0.4 is 0 Å². The lowest BCUT2D eigenvalue weighted by Crippen LogP contribution is -2.07. The van der Waals surface area contributed by atoms with Crippen molar-refractivity contribution in [2.24, 2.45) is 0 Å². The normalized spacial score (nSPS) is 12.5. The van der Waals surface area contributed by atoms with E-state index in [1.807, 2.05) is 0 Å². The Morgan fingerprint density at radius 2 is 1.53 bits per heavy atom. The molecule has 1 nitrogen and oxygen atoms in total. The summed E-state index contributed by atoms with van der Waals surface area (Å²) in [6, 6.07) is 5.23. The van der Waals surface area contributed by atoms with Crippen LogP contribution in [0, 0.1) is 30.2 Å². The second-order valence-corrected chi connectivity index (χ2v) is 4.17. The van der Waals surface area contributed by atoms with Crippen molar-refractivity contribution in [3.8, 4) is 0 Å². The first kappa shape index (κ1) is 13.5. The van der Waals surface area contributed by atoms with Crippen molar-refractivity contribution in [3.05, 3.63) is 70.3 Å². The van der Waals surface area contributed by atoms with Crippen LogP contribution in [0.25, 0.3) is 0 Å². The molecule has 2 aromatic rings. The van der Waals surface area contributed by atoms with Crippen LogP contribution >= 0.6 is 0 Å². The number of hydrogen-bond acceptors (Lipinski definition) is 1. The molecular formula is C14H10F4O. The second-order valence-electron chi connectivity index (χ2n) is 4.17. The van der Waals surface area contributed by atoms with Crippen molar-refractivity contribution in [1.82, 2.24) is 0 Å². The van der Waals surface area contributed by atoms with Crippen molar-refractivity contribution in [2.45, 2.75) is 13.0 Å². The minimum Gasteiger partial charge on any atom is -0.384 e. The molecule has 0 radical (unpaired) electrons. The number of rotatable bonds is 2. The SMILES string of the molecule is Cc1cc(F)ccc1C(O)c1ccc(F)c(F)c1F. The average molecular weight is 270 g/mol. The molecule has 0 aliphatic rings. The Morgan fingerprint density at radius 3 is 2.16 bits per heavy atom. The molecule has 1 atom stereocenters. The summed E-state index contributed by atoms with van der Waals surface area (Å²) in [6.45, 7) is 1.53. The third kappa shape index (κ3) is 2.46. The molecule has 0 heterocycles. The van der Waals surface area contributed by atoms with Gasteiger partial charge in [0, 0.05) is 5.56 Å². The van der Waals surface area contributed by atoms with E-state index in [0.29, 0.717) is 5.56 Å². The zero-order valence-corrected chi connectivity index (χ0v) is 9.92. The summed E-state index contributed by atoms with van der Waals surface area (Å²) in [7, 11) is 0. The van der Waals surface area contributed by atoms with Crippen LogP contribution in [-0.2, 0) is 0 Å². The smallest absolute Gasteiger partial charge is 0.194 e. The Labute approximate surface area is 107 Å². The summed E-state index contributed by atoms with van der Waals surface area (Å²) < 4.78 is 52.4. The molecule has 19 heavy (non-hydrogen) atoms. The van der Waals surface area contributed by atoms with Crippen molar-refractivity contribution >= 4 is 0 Å². The summed E-state index contributed by atoms with van der Waals surface area (Å²) in [6.07, 6.45) is -1.49. The van der Waals surface area contributed by atoms with Crippen LogP contribution in [0.3, 0.4) is 0 Å². The maximum atomic E-state index is 13.6. The fraction of sp³-hybridized carbons (Fsp3) is 0.143. The van der Waals surface area contributed by atoms with Gasteiger partial charge in [-0.2, -0.15) is 0 Å². The minimum atomic E-state index is -1.64. The molecule has 1 N–H and O–H groups in total. The van der Waals surface area contributed by atoms with Crippen LogP contribution in [0.2, 0.25) is 0 Å². The molecule has 0 fully saturated rings. The second kappa shape index (κ2) is 5.01. The number of aliphatic hydroxyl groups excluding tert-OH is 1. The molecule has 5 heteroatoms. The Morgan fingerprint density at radius 1 is 0.895 bits per heavy atom. The molecule has 0 saturated heterocycles. The van der Waals surface area contributed by atoms with Gasteiger partial charge in [0.15, 0.2) is 17.5 Å². The molecule has 2 aromatic carbocycles. The van der Waals surface area contributed by atoms with Gasteiger partial charge in [0.1, 0.15) is 11.9 Å². The summed E-state index contributed by atoms with van der Waals surface area (Å²) in [5.41, 5.74) is 0.219. The molecule has 0 saturated carbocycles. The van der Waals surface area contributed by atoms with Gasteiger partial charge in [0.25, 0.3) is 0 Å². The number of aliphatic hydroxyl groups is 1. The van der Waals surface area contributed by atoms with E-state index in [2.05, 4.69) is 0 Å². The molecule has 0 bridgehead atoms. The van der Waals surface area contributed by atoms with Crippen LogP contribution in [0.5, 0.6) is 0 Å². The fourth-order valence-electron chi connectivity index (χ4n) is 1.87. The van der Waals surface area contributed by atoms with Gasteiger partial charge in [0.2, 0.25) is 0 Å². The standard InChI is InChI=1S/C14H10F4O/c1-7-6-8(15)2-3-9(7)14(19)10-4-5-11(16)13(18)12(10)17/h2-6,14,19H,1H3. The van der Waals surface area contributed by atoms with E-state index < -0.39 is 34.9 Å². The summed E-state index contributed by atoms with van der Waals surface area (Å²) in [4.78, 5) is 0. The first-order valence-corrected chi connectivity index (χ1v) is 5.49. The van der Waals surface area contributed by atoms with Gasteiger partial charge < -0.3 is 5.11 Å². The largest absolute Gasteiger partial charge is 0.384 e. The van der Waals surface area contributed by atoms with Gasteiger partial charge in [-0.1, -0.05) is 12.1 Å². The zero-order chi connectivity index (χ0) is 14.2. The highest BCUT2D eigenvalue weighted by Crippen LogP contribution is 2.28. The van der Waals surface area contributed by atoms with E-state index in [-0.39, 0.29) is 5.56 Å². The molecule has 0 aliphatic carbocycles. The summed E-state index contributed by atoms with van der Waals surface area (Å²) in [5.74, 6) is -4.92. The van der Waals surface area contributed by atoms with Crippen LogP contribution in [0.4, 0.5) is 17.6 Å². The number of halogens is 4. The third-order valence-corrected chi connectivity index (χ3v) is 2.89. The predicted molar refractivity (Wildman–Crippen MR) is 61.5 cm³/mol. The molecular weight excluding hydrogens is 260 g/mol. The van der Waals surface area contributed by atoms with Crippen molar-refractivity contribution in [2.75, 3.05) is 0 Å². The fourth-order valence-corrected chi connectivity index (χ4v) is 1.87. The van der Waals surface area contributed by atoms with Gasteiger partial charge in [-0.3, -0.25) is 0 Å². The lowest BCUT2D eigenvalue weighted by molar-refractivity contribution is 0.211. The average Bonchev–Trinajstić information content (AvgIpc) is 2.35. The van der Waals surface area contributed by atoms with E-state index in [1.54, 1.807) is 0 Å². The van der Waals surface area contributed by atoms with Crippen molar-refractivity contribution in [1.29, 1.82) is 0 Å². The lowest BCUT2D eigenvalue weighted by Gasteiger charge is -2.15. The quantitative estimate of drug-likeness (QED) is 0.652. The summed E-state index contributed by atoms with van der Waals surface area (Å²) >= 11 is 0. The molecule has 0 spiro atoms. The highest BCUT2D eigenvalue weighted by molar-refractivity contribution is 5.36.